The summed E-state index contributed by atoms with van der Waals surface area (Å²) in [6, 6.07) is 0. The molecule has 1 saturated heterocycles. The second-order valence-corrected chi connectivity index (χ2v) is 15.4. The van der Waals surface area contributed by atoms with Gasteiger partial charge in [-0.15, -0.1) is 0 Å². The Balaban J connectivity index is 1.40. The first-order valence-electron chi connectivity index (χ1n) is 14.0. The normalized spacial score (nSPS) is 61.6. The van der Waals surface area contributed by atoms with Crippen LogP contribution in [0.1, 0.15) is 120 Å². The van der Waals surface area contributed by atoms with Crippen LogP contribution in [0.2, 0.25) is 0 Å². The first kappa shape index (κ1) is 21.5. The van der Waals surface area contributed by atoms with Crippen LogP contribution >= 0.6 is 0 Å². The van der Waals surface area contributed by atoms with Gasteiger partial charge in [0.1, 0.15) is 5.60 Å². The fourth-order valence-corrected chi connectivity index (χ4v) is 12.5. The standard InChI is InChI=1S/C30H50O/c1-19(2)20-18-24-30(31-24)23-11-10-22-26(5)14-9-13-25(3,4)21(26)12-15-28(22,7)29(23,8)17-16-27(20,30)6/h19-24H,9-18H2,1-8H3/t20-,21+,22-,23+,24+,26+,27-,28-,29-,30+/m1/s1. The lowest BCUT2D eigenvalue weighted by atomic mass is 9.32. The van der Waals surface area contributed by atoms with E-state index in [0.717, 1.165) is 29.6 Å². The molecule has 5 saturated carbocycles. The number of rotatable bonds is 1. The first-order valence-corrected chi connectivity index (χ1v) is 14.0. The molecule has 10 atom stereocenters. The van der Waals surface area contributed by atoms with Crippen molar-refractivity contribution in [2.24, 2.45) is 56.7 Å². The third-order valence-corrected chi connectivity index (χ3v) is 14.0. The minimum Gasteiger partial charge on any atom is -0.365 e. The van der Waals surface area contributed by atoms with Crippen LogP contribution in [-0.4, -0.2) is 11.7 Å². The summed E-state index contributed by atoms with van der Waals surface area (Å²) >= 11 is 0. The molecule has 1 nitrogen and oxygen atoms in total. The van der Waals surface area contributed by atoms with E-state index >= 15 is 0 Å². The summed E-state index contributed by atoms with van der Waals surface area (Å²) in [5.74, 6) is 4.31. The topological polar surface area (TPSA) is 12.5 Å². The third kappa shape index (κ3) is 2.21. The minimum atomic E-state index is 0.229. The molecule has 0 aromatic heterocycles. The third-order valence-electron chi connectivity index (χ3n) is 14.0. The second kappa shape index (κ2) is 5.95. The highest BCUT2D eigenvalue weighted by molar-refractivity contribution is 5.31. The number of hydrogen-bond acceptors (Lipinski definition) is 1. The molecule has 6 fully saturated rings. The molecule has 5 aliphatic carbocycles. The summed E-state index contributed by atoms with van der Waals surface area (Å²) in [4.78, 5) is 0. The molecule has 0 aromatic rings. The molecular formula is C30H50O. The van der Waals surface area contributed by atoms with Crippen LogP contribution in [0.3, 0.4) is 0 Å². The van der Waals surface area contributed by atoms with Gasteiger partial charge in [0.25, 0.3) is 0 Å². The van der Waals surface area contributed by atoms with Gasteiger partial charge in [-0.1, -0.05) is 61.8 Å². The van der Waals surface area contributed by atoms with E-state index in [1.165, 1.54) is 64.2 Å². The van der Waals surface area contributed by atoms with Gasteiger partial charge in [0.15, 0.2) is 0 Å². The lowest BCUT2D eigenvalue weighted by Crippen LogP contribution is -2.67. The van der Waals surface area contributed by atoms with Crippen molar-refractivity contribution >= 4 is 0 Å². The van der Waals surface area contributed by atoms with Gasteiger partial charge in [-0.25, -0.2) is 0 Å². The molecule has 6 aliphatic rings. The Morgan fingerprint density at radius 2 is 1.32 bits per heavy atom. The molecule has 1 heteroatoms. The van der Waals surface area contributed by atoms with Gasteiger partial charge in [-0.05, 0) is 109 Å². The van der Waals surface area contributed by atoms with Crippen LogP contribution in [0.25, 0.3) is 0 Å². The fourth-order valence-electron chi connectivity index (χ4n) is 12.5. The Morgan fingerprint density at radius 3 is 2.03 bits per heavy atom. The fraction of sp³-hybridized carbons (Fsp3) is 1.00. The van der Waals surface area contributed by atoms with Crippen LogP contribution in [0, 0.1) is 56.7 Å². The van der Waals surface area contributed by atoms with Crippen LogP contribution in [0.5, 0.6) is 0 Å². The monoisotopic (exact) mass is 426 g/mol. The van der Waals surface area contributed by atoms with E-state index in [1.54, 1.807) is 0 Å². The number of epoxide rings is 1. The van der Waals surface area contributed by atoms with Crippen LogP contribution in [0.15, 0.2) is 0 Å². The summed E-state index contributed by atoms with van der Waals surface area (Å²) < 4.78 is 6.85. The van der Waals surface area contributed by atoms with Crippen molar-refractivity contribution in [3.05, 3.63) is 0 Å². The first-order chi connectivity index (χ1) is 14.4. The Labute approximate surface area is 192 Å². The van der Waals surface area contributed by atoms with Crippen molar-refractivity contribution < 1.29 is 4.74 Å². The zero-order valence-electron chi connectivity index (χ0n) is 21.9. The molecule has 176 valence electrons. The molecule has 0 bridgehead atoms. The highest BCUT2D eigenvalue weighted by Crippen LogP contribution is 2.82. The van der Waals surface area contributed by atoms with Crippen molar-refractivity contribution in [3.8, 4) is 0 Å². The summed E-state index contributed by atoms with van der Waals surface area (Å²) in [7, 11) is 0. The summed E-state index contributed by atoms with van der Waals surface area (Å²) in [6.45, 7) is 21.1. The SMILES string of the molecule is CC(C)[C@H]1C[C@@H]2O[C@@]23[C@H]2CC[C@@H]4[C@@]5(C)CCCC(C)(C)[C@@H]5CC[C@@]4(C)[C@]2(C)CC[C@]13C. The van der Waals surface area contributed by atoms with E-state index in [1.807, 2.05) is 0 Å². The molecule has 0 N–H and O–H groups in total. The van der Waals surface area contributed by atoms with Gasteiger partial charge >= 0.3 is 0 Å². The van der Waals surface area contributed by atoms with Crippen LogP contribution in [-0.2, 0) is 4.74 Å². The highest BCUT2D eigenvalue weighted by atomic mass is 16.6. The highest BCUT2D eigenvalue weighted by Gasteiger charge is 2.83. The maximum atomic E-state index is 6.85. The Kier molecular flexibility index (Phi) is 4.13. The molecule has 0 unspecified atom stereocenters. The lowest BCUT2D eigenvalue weighted by Gasteiger charge is -2.72. The van der Waals surface area contributed by atoms with Crippen molar-refractivity contribution in [2.45, 2.75) is 131 Å². The van der Waals surface area contributed by atoms with Crippen LogP contribution in [0.4, 0.5) is 0 Å². The molecule has 1 aliphatic heterocycles. The number of hydrogen-bond donors (Lipinski definition) is 0. The van der Waals surface area contributed by atoms with Gasteiger partial charge in [0.05, 0.1) is 6.10 Å². The van der Waals surface area contributed by atoms with E-state index in [0.29, 0.717) is 33.2 Å². The summed E-state index contributed by atoms with van der Waals surface area (Å²) in [6.07, 6.45) is 15.0. The zero-order chi connectivity index (χ0) is 22.2. The van der Waals surface area contributed by atoms with E-state index < -0.39 is 0 Å². The lowest BCUT2D eigenvalue weighted by molar-refractivity contribution is -0.242. The quantitative estimate of drug-likeness (QED) is 0.384. The van der Waals surface area contributed by atoms with Gasteiger partial charge in [0, 0.05) is 5.41 Å². The van der Waals surface area contributed by atoms with E-state index in [-0.39, 0.29) is 5.60 Å². The molecule has 31 heavy (non-hydrogen) atoms. The summed E-state index contributed by atoms with van der Waals surface area (Å²) in [5.41, 5.74) is 2.71. The largest absolute Gasteiger partial charge is 0.365 e. The Bertz CT molecular complexity index is 783. The molecule has 0 aromatic carbocycles. The van der Waals surface area contributed by atoms with E-state index in [9.17, 15) is 0 Å². The van der Waals surface area contributed by atoms with Crippen molar-refractivity contribution in [3.63, 3.8) is 0 Å². The molecule has 1 heterocycles. The minimum absolute atomic E-state index is 0.229. The molecule has 0 amide bonds. The van der Waals surface area contributed by atoms with Crippen LogP contribution < -0.4 is 0 Å². The van der Waals surface area contributed by atoms with E-state index in [4.69, 9.17) is 4.74 Å². The van der Waals surface area contributed by atoms with Crippen molar-refractivity contribution in [1.29, 1.82) is 0 Å². The number of fused-ring (bicyclic) bond motifs is 5. The summed E-state index contributed by atoms with van der Waals surface area (Å²) in [5, 5.41) is 0. The van der Waals surface area contributed by atoms with Gasteiger partial charge in [0.2, 0.25) is 0 Å². The maximum Gasteiger partial charge on any atom is 0.104 e. The molecule has 6 rings (SSSR count). The predicted molar refractivity (Wildman–Crippen MR) is 129 cm³/mol. The zero-order valence-corrected chi connectivity index (χ0v) is 21.9. The Morgan fingerprint density at radius 1 is 0.677 bits per heavy atom. The van der Waals surface area contributed by atoms with Gasteiger partial charge in [-0.3, -0.25) is 0 Å². The molecule has 1 spiro atoms. The average Bonchev–Trinajstić information content (AvgIpc) is 3.32. The smallest absolute Gasteiger partial charge is 0.104 e. The average molecular weight is 427 g/mol. The Hall–Kier alpha value is -0.0400. The number of ether oxygens (including phenoxy) is 1. The van der Waals surface area contributed by atoms with E-state index in [2.05, 4.69) is 55.4 Å². The van der Waals surface area contributed by atoms with Crippen molar-refractivity contribution in [2.75, 3.05) is 0 Å². The molecular weight excluding hydrogens is 376 g/mol. The molecule has 0 radical (unpaired) electrons. The second-order valence-electron chi connectivity index (χ2n) is 15.4. The predicted octanol–water partition coefficient (Wildman–Crippen LogP) is 8.27. The van der Waals surface area contributed by atoms with Gasteiger partial charge in [-0.2, -0.15) is 0 Å². The van der Waals surface area contributed by atoms with Crippen molar-refractivity contribution in [1.82, 2.24) is 0 Å². The maximum absolute atomic E-state index is 6.85. The van der Waals surface area contributed by atoms with Gasteiger partial charge < -0.3 is 4.74 Å².